The molecule has 0 saturated carbocycles. The number of nitrogens with one attached hydrogen (secondary N) is 3. The number of benzene rings is 2. The number of fused-ring (bicyclic) bond motifs is 1. The van der Waals surface area contributed by atoms with Crippen LogP contribution in [0.3, 0.4) is 0 Å². The molecule has 35 heavy (non-hydrogen) atoms. The molecule has 0 aliphatic heterocycles. The smallest absolute Gasteiger partial charge is 0.273 e. The third-order valence-electron chi connectivity index (χ3n) is 4.94. The van der Waals surface area contributed by atoms with E-state index in [1.165, 1.54) is 0 Å². The molecule has 8 N–H and O–H groups in total. The number of rotatable bonds is 12. The molecule has 0 aliphatic carbocycles. The van der Waals surface area contributed by atoms with Crippen LogP contribution in [0.15, 0.2) is 42.5 Å². The van der Waals surface area contributed by atoms with Crippen LogP contribution >= 0.6 is 11.6 Å². The van der Waals surface area contributed by atoms with Gasteiger partial charge in [0, 0.05) is 38.0 Å². The number of aromatic nitrogens is 2. The van der Waals surface area contributed by atoms with Gasteiger partial charge >= 0.3 is 0 Å². The second-order valence-electron chi connectivity index (χ2n) is 7.64. The number of anilines is 2. The standard InChI is InChI=1S/C23H28ClN7O4/c24-20-22(26)31-21(25)19(30-20)23(34)29-9-8-18(33)28-11-10-27-12-15(32)13-35-17-7-3-5-14-4-1-2-6-16(14)17/h1-7,15,27,32H,8-13H2,(H,28,33)(H,29,34)(H4,25,26,31). The van der Waals surface area contributed by atoms with E-state index >= 15 is 0 Å². The van der Waals surface area contributed by atoms with Crippen molar-refractivity contribution >= 4 is 45.8 Å². The highest BCUT2D eigenvalue weighted by atomic mass is 35.5. The van der Waals surface area contributed by atoms with Crippen molar-refractivity contribution in [1.82, 2.24) is 25.9 Å². The van der Waals surface area contributed by atoms with Crippen LogP contribution in [0.2, 0.25) is 5.15 Å². The number of hydrogen-bond acceptors (Lipinski definition) is 9. The maximum atomic E-state index is 12.1. The SMILES string of the molecule is Nc1nc(N)c(C(=O)NCCC(=O)NCCNCC(O)COc2cccc3ccccc23)nc1Cl. The van der Waals surface area contributed by atoms with E-state index in [4.69, 9.17) is 27.8 Å². The molecule has 3 aromatic rings. The molecule has 0 saturated heterocycles. The third-order valence-corrected chi connectivity index (χ3v) is 5.22. The minimum Gasteiger partial charge on any atom is -0.490 e. The van der Waals surface area contributed by atoms with E-state index < -0.39 is 12.0 Å². The van der Waals surface area contributed by atoms with Crippen LogP contribution in [0, 0.1) is 0 Å². The minimum absolute atomic E-state index is 0.0588. The van der Waals surface area contributed by atoms with Crippen LogP contribution in [-0.4, -0.2) is 65.8 Å². The summed E-state index contributed by atoms with van der Waals surface area (Å²) in [6.45, 7) is 1.34. The highest BCUT2D eigenvalue weighted by Gasteiger charge is 2.16. The number of aliphatic hydroxyl groups is 1. The zero-order valence-electron chi connectivity index (χ0n) is 19.0. The molecule has 1 aromatic heterocycles. The fraction of sp³-hybridized carbons (Fsp3) is 0.304. The Hall–Kier alpha value is -3.67. The molecule has 0 bridgehead atoms. The second kappa shape index (κ2) is 12.7. The summed E-state index contributed by atoms with van der Waals surface area (Å²) in [5.74, 6) is -0.355. The summed E-state index contributed by atoms with van der Waals surface area (Å²) in [6, 6.07) is 13.7. The van der Waals surface area contributed by atoms with Gasteiger partial charge in [0.25, 0.3) is 5.91 Å². The van der Waals surface area contributed by atoms with Gasteiger partial charge in [0.05, 0.1) is 0 Å². The number of nitrogens with zero attached hydrogens (tertiary/aromatic N) is 2. The van der Waals surface area contributed by atoms with E-state index in [0.29, 0.717) is 19.6 Å². The first kappa shape index (κ1) is 25.9. The zero-order chi connectivity index (χ0) is 25.2. The quantitative estimate of drug-likeness (QED) is 0.195. The van der Waals surface area contributed by atoms with E-state index in [2.05, 4.69) is 25.9 Å². The summed E-state index contributed by atoms with van der Waals surface area (Å²) in [7, 11) is 0. The summed E-state index contributed by atoms with van der Waals surface area (Å²) in [4.78, 5) is 31.6. The van der Waals surface area contributed by atoms with Gasteiger partial charge in [-0.25, -0.2) is 9.97 Å². The van der Waals surface area contributed by atoms with Crippen molar-refractivity contribution in [3.05, 3.63) is 53.3 Å². The predicted molar refractivity (Wildman–Crippen MR) is 134 cm³/mol. The molecule has 2 amide bonds. The van der Waals surface area contributed by atoms with Crippen LogP contribution in [0.25, 0.3) is 10.8 Å². The first-order valence-corrected chi connectivity index (χ1v) is 11.4. The van der Waals surface area contributed by atoms with E-state index in [0.717, 1.165) is 16.5 Å². The van der Waals surface area contributed by atoms with Crippen LogP contribution in [0.4, 0.5) is 11.6 Å². The van der Waals surface area contributed by atoms with Gasteiger partial charge in [-0.05, 0) is 11.5 Å². The number of nitrogens with two attached hydrogens (primary N) is 2. The van der Waals surface area contributed by atoms with Crippen molar-refractivity contribution in [2.45, 2.75) is 12.5 Å². The highest BCUT2D eigenvalue weighted by molar-refractivity contribution is 6.31. The van der Waals surface area contributed by atoms with E-state index in [-0.39, 0.29) is 48.0 Å². The second-order valence-corrected chi connectivity index (χ2v) is 7.99. The Morgan fingerprint density at radius 1 is 1.00 bits per heavy atom. The van der Waals surface area contributed by atoms with Crippen molar-refractivity contribution in [1.29, 1.82) is 0 Å². The number of carbonyl (C=O) groups is 2. The average Bonchev–Trinajstić information content (AvgIpc) is 2.84. The van der Waals surface area contributed by atoms with Gasteiger partial charge in [-0.1, -0.05) is 48.0 Å². The number of ether oxygens (including phenoxy) is 1. The predicted octanol–water partition coefficient (Wildman–Crippen LogP) is 0.713. The highest BCUT2D eigenvalue weighted by Crippen LogP contribution is 2.25. The Bertz CT molecular complexity index is 1170. The molecule has 186 valence electrons. The largest absolute Gasteiger partial charge is 0.490 e. The minimum atomic E-state index is -0.711. The Balaban J connectivity index is 1.27. The molecule has 0 fully saturated rings. The van der Waals surface area contributed by atoms with Crippen molar-refractivity contribution in [3.8, 4) is 5.75 Å². The first-order valence-electron chi connectivity index (χ1n) is 11.0. The lowest BCUT2D eigenvalue weighted by Crippen LogP contribution is -2.38. The lowest BCUT2D eigenvalue weighted by molar-refractivity contribution is -0.120. The fourth-order valence-electron chi connectivity index (χ4n) is 3.20. The van der Waals surface area contributed by atoms with Crippen molar-refractivity contribution in [2.75, 3.05) is 44.3 Å². The molecule has 1 atom stereocenters. The van der Waals surface area contributed by atoms with Crippen LogP contribution in [0.1, 0.15) is 16.9 Å². The summed E-state index contributed by atoms with van der Waals surface area (Å²) in [5.41, 5.74) is 10.9. The summed E-state index contributed by atoms with van der Waals surface area (Å²) >= 11 is 5.76. The van der Waals surface area contributed by atoms with Crippen LogP contribution in [0.5, 0.6) is 5.75 Å². The van der Waals surface area contributed by atoms with Gasteiger partial charge in [0.15, 0.2) is 22.5 Å². The van der Waals surface area contributed by atoms with Gasteiger partial charge < -0.3 is 37.3 Å². The van der Waals surface area contributed by atoms with Gasteiger partial charge in [0.2, 0.25) is 5.91 Å². The zero-order valence-corrected chi connectivity index (χ0v) is 19.7. The summed E-state index contributed by atoms with van der Waals surface area (Å²) in [6.07, 6.45) is -0.652. The molecule has 1 heterocycles. The number of hydrogen-bond donors (Lipinski definition) is 6. The Labute approximate surface area is 207 Å². The molecule has 3 rings (SSSR count). The Morgan fingerprint density at radius 2 is 1.77 bits per heavy atom. The van der Waals surface area contributed by atoms with E-state index in [1.54, 1.807) is 0 Å². The molecule has 1 unspecified atom stereocenters. The molecular formula is C23H28ClN7O4. The van der Waals surface area contributed by atoms with Crippen LogP contribution in [-0.2, 0) is 4.79 Å². The number of nitrogen functional groups attached to an aromatic ring is 2. The summed E-state index contributed by atoms with van der Waals surface area (Å²) in [5, 5.41) is 20.4. The number of amides is 2. The number of aliphatic hydroxyl groups excluding tert-OH is 1. The van der Waals surface area contributed by atoms with E-state index in [9.17, 15) is 14.7 Å². The molecule has 11 nitrogen and oxygen atoms in total. The monoisotopic (exact) mass is 501 g/mol. The van der Waals surface area contributed by atoms with Gasteiger partial charge in [-0.3, -0.25) is 9.59 Å². The van der Waals surface area contributed by atoms with Gasteiger partial charge in [0.1, 0.15) is 18.5 Å². The fourth-order valence-corrected chi connectivity index (χ4v) is 3.32. The maximum Gasteiger partial charge on any atom is 0.273 e. The van der Waals surface area contributed by atoms with Gasteiger partial charge in [-0.2, -0.15) is 0 Å². The topological polar surface area (TPSA) is 178 Å². The molecule has 0 spiro atoms. The number of carbonyl (C=O) groups excluding carboxylic acids is 2. The lowest BCUT2D eigenvalue weighted by Gasteiger charge is -2.15. The molecule has 12 heteroatoms. The number of halogens is 1. The lowest BCUT2D eigenvalue weighted by atomic mass is 10.1. The van der Waals surface area contributed by atoms with Crippen molar-refractivity contribution in [3.63, 3.8) is 0 Å². The molecule has 0 radical (unpaired) electrons. The van der Waals surface area contributed by atoms with Crippen molar-refractivity contribution in [2.24, 2.45) is 0 Å². The molecule has 2 aromatic carbocycles. The normalized spacial score (nSPS) is 11.7. The molecule has 0 aliphatic rings. The van der Waals surface area contributed by atoms with Crippen molar-refractivity contribution < 1.29 is 19.4 Å². The van der Waals surface area contributed by atoms with E-state index in [1.807, 2.05) is 42.5 Å². The molecular weight excluding hydrogens is 474 g/mol. The average molecular weight is 502 g/mol. The summed E-state index contributed by atoms with van der Waals surface area (Å²) < 4.78 is 5.77. The maximum absolute atomic E-state index is 12.1. The van der Waals surface area contributed by atoms with Crippen LogP contribution < -0.4 is 32.2 Å². The van der Waals surface area contributed by atoms with Gasteiger partial charge in [-0.15, -0.1) is 0 Å². The first-order chi connectivity index (χ1) is 16.8. The third kappa shape index (κ3) is 7.67. The Morgan fingerprint density at radius 3 is 2.60 bits per heavy atom. The Kier molecular flexibility index (Phi) is 9.41.